The Morgan fingerprint density at radius 3 is 2.90 bits per heavy atom. The Labute approximate surface area is 126 Å². The molecule has 0 unspecified atom stereocenters. The number of rotatable bonds is 6. The minimum absolute atomic E-state index is 0.287. The van der Waals surface area contributed by atoms with E-state index in [0.717, 1.165) is 23.7 Å². The Morgan fingerprint density at radius 1 is 1.33 bits per heavy atom. The summed E-state index contributed by atoms with van der Waals surface area (Å²) in [5, 5.41) is 2.68. The standard InChI is InChI=1S/C14H17N3O3S/c1-9(2)6-7-13(19)20-8-12(18)15-10-4-3-5-11-14(10)17-21-16-11/h3-5,9H,6-8H2,1-2H3,(H,15,18). The van der Waals surface area contributed by atoms with Gasteiger partial charge in [0.2, 0.25) is 0 Å². The molecule has 0 fully saturated rings. The zero-order chi connectivity index (χ0) is 15.2. The number of carbonyl (C=O) groups excluding carboxylic acids is 2. The van der Waals surface area contributed by atoms with Crippen LogP contribution in [0.2, 0.25) is 0 Å². The Morgan fingerprint density at radius 2 is 2.14 bits per heavy atom. The van der Waals surface area contributed by atoms with E-state index in [2.05, 4.69) is 14.1 Å². The van der Waals surface area contributed by atoms with E-state index in [0.29, 0.717) is 23.5 Å². The van der Waals surface area contributed by atoms with E-state index >= 15 is 0 Å². The summed E-state index contributed by atoms with van der Waals surface area (Å²) in [6.07, 6.45) is 1.08. The minimum Gasteiger partial charge on any atom is -0.456 e. The zero-order valence-corrected chi connectivity index (χ0v) is 12.8. The van der Waals surface area contributed by atoms with Gasteiger partial charge >= 0.3 is 5.97 Å². The average molecular weight is 307 g/mol. The monoisotopic (exact) mass is 307 g/mol. The largest absolute Gasteiger partial charge is 0.456 e. The quantitative estimate of drug-likeness (QED) is 0.830. The van der Waals surface area contributed by atoms with Crippen LogP contribution in [0.5, 0.6) is 0 Å². The first-order valence-corrected chi connectivity index (χ1v) is 7.46. The second-order valence-corrected chi connectivity index (χ2v) is 5.61. The fraction of sp³-hybridized carbons (Fsp3) is 0.429. The summed E-state index contributed by atoms with van der Waals surface area (Å²) >= 11 is 1.08. The summed E-state index contributed by atoms with van der Waals surface area (Å²) in [7, 11) is 0. The van der Waals surface area contributed by atoms with E-state index in [1.807, 2.05) is 19.9 Å². The predicted octanol–water partition coefficient (Wildman–Crippen LogP) is 2.61. The fourth-order valence-electron chi connectivity index (χ4n) is 1.72. The van der Waals surface area contributed by atoms with Gasteiger partial charge in [0.05, 0.1) is 17.4 Å². The SMILES string of the molecule is CC(C)CCC(=O)OCC(=O)Nc1cccc2nsnc12. The Kier molecular flexibility index (Phi) is 5.21. The Bertz CT molecular complexity index is 639. The molecule has 0 bridgehead atoms. The second-order valence-electron chi connectivity index (χ2n) is 5.08. The third-order valence-electron chi connectivity index (χ3n) is 2.85. The number of aromatic nitrogens is 2. The van der Waals surface area contributed by atoms with E-state index in [-0.39, 0.29) is 18.5 Å². The number of hydrogen-bond acceptors (Lipinski definition) is 6. The summed E-state index contributed by atoms with van der Waals surface area (Å²) in [4.78, 5) is 23.2. The maximum absolute atomic E-state index is 11.8. The molecule has 2 aromatic rings. The van der Waals surface area contributed by atoms with Crippen molar-refractivity contribution in [3.63, 3.8) is 0 Å². The summed E-state index contributed by atoms with van der Waals surface area (Å²) in [6, 6.07) is 5.34. The summed E-state index contributed by atoms with van der Waals surface area (Å²) in [6.45, 7) is 3.77. The van der Waals surface area contributed by atoms with Crippen LogP contribution in [0.15, 0.2) is 18.2 Å². The lowest BCUT2D eigenvalue weighted by Crippen LogP contribution is -2.21. The van der Waals surface area contributed by atoms with Crippen LogP contribution in [-0.2, 0) is 14.3 Å². The molecule has 6 nitrogen and oxygen atoms in total. The van der Waals surface area contributed by atoms with Crippen LogP contribution in [0.25, 0.3) is 11.0 Å². The normalized spacial score (nSPS) is 10.8. The first-order valence-electron chi connectivity index (χ1n) is 6.73. The van der Waals surface area contributed by atoms with Gasteiger partial charge in [-0.2, -0.15) is 8.75 Å². The van der Waals surface area contributed by atoms with Crippen LogP contribution in [0.3, 0.4) is 0 Å². The van der Waals surface area contributed by atoms with Gasteiger partial charge < -0.3 is 10.1 Å². The number of esters is 1. The van der Waals surface area contributed by atoms with Crippen molar-refractivity contribution in [3.8, 4) is 0 Å². The molecule has 0 spiro atoms. The number of amides is 1. The van der Waals surface area contributed by atoms with E-state index < -0.39 is 0 Å². The molecular weight excluding hydrogens is 290 g/mol. The van der Waals surface area contributed by atoms with E-state index in [4.69, 9.17) is 4.74 Å². The molecule has 7 heteroatoms. The summed E-state index contributed by atoms with van der Waals surface area (Å²) < 4.78 is 13.2. The van der Waals surface area contributed by atoms with Gasteiger partial charge in [-0.05, 0) is 24.5 Å². The van der Waals surface area contributed by atoms with Crippen LogP contribution < -0.4 is 5.32 Å². The lowest BCUT2D eigenvalue weighted by atomic mass is 10.1. The van der Waals surface area contributed by atoms with Crippen molar-refractivity contribution < 1.29 is 14.3 Å². The molecule has 112 valence electrons. The third-order valence-corrected chi connectivity index (χ3v) is 3.39. The van der Waals surface area contributed by atoms with Crippen LogP contribution in [0.1, 0.15) is 26.7 Å². The van der Waals surface area contributed by atoms with E-state index in [9.17, 15) is 9.59 Å². The van der Waals surface area contributed by atoms with Gasteiger partial charge in [-0.1, -0.05) is 19.9 Å². The maximum Gasteiger partial charge on any atom is 0.306 e. The van der Waals surface area contributed by atoms with Crippen LogP contribution >= 0.6 is 11.7 Å². The van der Waals surface area contributed by atoms with Crippen molar-refractivity contribution >= 4 is 40.3 Å². The molecule has 0 radical (unpaired) electrons. The minimum atomic E-state index is -0.381. The Balaban J connectivity index is 1.85. The number of anilines is 1. The first kappa shape index (κ1) is 15.4. The van der Waals surface area contributed by atoms with Gasteiger partial charge in [-0.15, -0.1) is 0 Å². The molecule has 1 amide bonds. The molecule has 1 N–H and O–H groups in total. The highest BCUT2D eigenvalue weighted by atomic mass is 32.1. The Hall–Kier alpha value is -2.02. The molecule has 21 heavy (non-hydrogen) atoms. The number of nitrogens with zero attached hydrogens (tertiary/aromatic N) is 2. The van der Waals surface area contributed by atoms with Crippen LogP contribution in [0.4, 0.5) is 5.69 Å². The third kappa shape index (κ3) is 4.49. The van der Waals surface area contributed by atoms with Gasteiger partial charge in [0.25, 0.3) is 5.91 Å². The van der Waals surface area contributed by atoms with Crippen molar-refractivity contribution in [2.75, 3.05) is 11.9 Å². The van der Waals surface area contributed by atoms with Crippen molar-refractivity contribution in [1.29, 1.82) is 0 Å². The highest BCUT2D eigenvalue weighted by Crippen LogP contribution is 2.20. The lowest BCUT2D eigenvalue weighted by Gasteiger charge is -2.07. The predicted molar refractivity (Wildman–Crippen MR) is 81.1 cm³/mol. The molecule has 0 aliphatic rings. The van der Waals surface area contributed by atoms with Gasteiger partial charge in [0.1, 0.15) is 11.0 Å². The molecule has 0 atom stereocenters. The number of nitrogens with one attached hydrogen (secondary N) is 1. The van der Waals surface area contributed by atoms with Gasteiger partial charge in [0, 0.05) is 6.42 Å². The number of ether oxygens (including phenoxy) is 1. The molecule has 0 saturated heterocycles. The number of benzene rings is 1. The summed E-state index contributed by atoms with van der Waals surface area (Å²) in [5.41, 5.74) is 1.94. The first-order chi connectivity index (χ1) is 10.1. The van der Waals surface area contributed by atoms with E-state index in [1.54, 1.807) is 12.1 Å². The van der Waals surface area contributed by atoms with Crippen LogP contribution in [0, 0.1) is 5.92 Å². The zero-order valence-electron chi connectivity index (χ0n) is 12.0. The van der Waals surface area contributed by atoms with E-state index in [1.165, 1.54) is 0 Å². The van der Waals surface area contributed by atoms with Crippen LogP contribution in [-0.4, -0.2) is 27.2 Å². The molecule has 0 saturated carbocycles. The highest BCUT2D eigenvalue weighted by Gasteiger charge is 2.11. The second kappa shape index (κ2) is 7.12. The van der Waals surface area contributed by atoms with Gasteiger partial charge in [-0.25, -0.2) is 0 Å². The molecule has 1 aromatic carbocycles. The maximum atomic E-state index is 11.8. The van der Waals surface area contributed by atoms with Crippen molar-refractivity contribution in [3.05, 3.63) is 18.2 Å². The molecule has 2 rings (SSSR count). The van der Waals surface area contributed by atoms with Crippen molar-refractivity contribution in [2.24, 2.45) is 5.92 Å². The van der Waals surface area contributed by atoms with Gasteiger partial charge in [0.15, 0.2) is 6.61 Å². The molecule has 1 heterocycles. The smallest absolute Gasteiger partial charge is 0.306 e. The average Bonchev–Trinajstić information content (AvgIpc) is 2.92. The lowest BCUT2D eigenvalue weighted by molar-refractivity contribution is -0.147. The molecule has 1 aromatic heterocycles. The van der Waals surface area contributed by atoms with Crippen molar-refractivity contribution in [1.82, 2.24) is 8.75 Å². The molecule has 0 aliphatic heterocycles. The number of hydrogen-bond donors (Lipinski definition) is 1. The van der Waals surface area contributed by atoms with Crippen molar-refractivity contribution in [2.45, 2.75) is 26.7 Å². The molecular formula is C14H17N3O3S. The summed E-state index contributed by atoms with van der Waals surface area (Å²) in [5.74, 6) is -0.304. The molecule has 0 aliphatic carbocycles. The fourth-order valence-corrected chi connectivity index (χ4v) is 2.27. The topological polar surface area (TPSA) is 81.2 Å². The number of carbonyl (C=O) groups is 2. The van der Waals surface area contributed by atoms with Gasteiger partial charge in [-0.3, -0.25) is 9.59 Å². The number of fused-ring (bicyclic) bond motifs is 1. The highest BCUT2D eigenvalue weighted by molar-refractivity contribution is 7.00.